The van der Waals surface area contributed by atoms with E-state index in [0.29, 0.717) is 0 Å². The second-order valence-corrected chi connectivity index (χ2v) is 16.3. The van der Waals surface area contributed by atoms with Crippen molar-refractivity contribution < 1.29 is 0 Å². The Morgan fingerprint density at radius 2 is 1.02 bits per heavy atom. The van der Waals surface area contributed by atoms with Crippen molar-refractivity contribution in [3.05, 3.63) is 241 Å². The van der Waals surface area contributed by atoms with Crippen LogP contribution in [0.15, 0.2) is 218 Å². The van der Waals surface area contributed by atoms with Gasteiger partial charge in [-0.25, -0.2) is 0 Å². The molecule has 0 unspecified atom stereocenters. The lowest BCUT2D eigenvalue weighted by molar-refractivity contribution is 0.768. The number of nitrogens with zero attached hydrogens (tertiary/aromatic N) is 2. The molecule has 0 amide bonds. The Morgan fingerprint density at radius 1 is 0.414 bits per heavy atom. The van der Waals surface area contributed by atoms with Crippen LogP contribution in [0.4, 0.5) is 17.1 Å². The van der Waals surface area contributed by atoms with Crippen LogP contribution in [0.1, 0.15) is 22.3 Å². The van der Waals surface area contributed by atoms with Gasteiger partial charge in [-0.3, -0.25) is 0 Å². The van der Waals surface area contributed by atoms with Crippen LogP contribution in [0, 0.1) is 0 Å². The fraction of sp³-hybridized carbons (Fsp3) is 0.0182. The highest BCUT2D eigenvalue weighted by Gasteiger charge is 2.47. The summed E-state index contributed by atoms with van der Waals surface area (Å²) in [5.74, 6) is 0. The Morgan fingerprint density at radius 3 is 1.81 bits per heavy atom. The molecule has 11 aromatic rings. The maximum atomic E-state index is 2.55. The monoisotopic (exact) mass is 756 g/mol. The van der Waals surface area contributed by atoms with E-state index in [1.165, 1.54) is 81.0 Å². The minimum Gasteiger partial charge on any atom is -0.308 e. The molecule has 58 heavy (non-hydrogen) atoms. The van der Waals surface area contributed by atoms with Gasteiger partial charge in [0, 0.05) is 47.9 Å². The van der Waals surface area contributed by atoms with E-state index >= 15 is 0 Å². The van der Waals surface area contributed by atoms with Crippen LogP contribution in [0.5, 0.6) is 0 Å². The number of anilines is 3. The first-order valence-corrected chi connectivity index (χ1v) is 20.8. The van der Waals surface area contributed by atoms with Gasteiger partial charge in [-0.15, -0.1) is 11.3 Å². The summed E-state index contributed by atoms with van der Waals surface area (Å²) in [6, 6.07) is 80.5. The molecule has 12 rings (SSSR count). The van der Waals surface area contributed by atoms with Gasteiger partial charge in [0.1, 0.15) is 0 Å². The van der Waals surface area contributed by atoms with Gasteiger partial charge in [0.2, 0.25) is 0 Å². The molecule has 0 radical (unpaired) electrons. The average molecular weight is 757 g/mol. The smallest absolute Gasteiger partial charge is 0.0782 e. The predicted octanol–water partition coefficient (Wildman–Crippen LogP) is 15.0. The first kappa shape index (κ1) is 33.0. The van der Waals surface area contributed by atoms with Crippen molar-refractivity contribution in [2.45, 2.75) is 5.41 Å². The third kappa shape index (κ3) is 4.65. The van der Waals surface area contributed by atoms with Crippen LogP contribution in [0.2, 0.25) is 0 Å². The second-order valence-electron chi connectivity index (χ2n) is 15.2. The number of rotatable bonds is 6. The van der Waals surface area contributed by atoms with Gasteiger partial charge in [-0.05, 0) is 82.4 Å². The predicted molar refractivity (Wildman–Crippen MR) is 246 cm³/mol. The standard InChI is InChI=1S/C55H36N2S/c1-4-18-37(19-5-1)55(38-20-6-2-7-21-38)46-28-13-10-26-44(46)53-47(55)29-17-31-49(53)57-48-30-14-11-24-41(48)43-27-16-32-50(54(43)57)56(39-22-8-3-9-23-39)40-34-35-52-45(36-40)42-25-12-15-33-51(42)58-52/h1-36H. The molecule has 0 saturated heterocycles. The van der Waals surface area contributed by atoms with E-state index in [2.05, 4.69) is 228 Å². The van der Waals surface area contributed by atoms with Crippen molar-refractivity contribution in [1.82, 2.24) is 4.57 Å². The van der Waals surface area contributed by atoms with Crippen LogP contribution in [-0.2, 0) is 5.41 Å². The molecule has 9 aromatic carbocycles. The Hall–Kier alpha value is -7.20. The van der Waals surface area contributed by atoms with E-state index in [-0.39, 0.29) is 0 Å². The van der Waals surface area contributed by atoms with Gasteiger partial charge in [0.05, 0.1) is 27.8 Å². The van der Waals surface area contributed by atoms with E-state index in [9.17, 15) is 0 Å². The first-order valence-electron chi connectivity index (χ1n) is 19.9. The SMILES string of the molecule is c1ccc(N(c2ccc3sc4ccccc4c3c2)c2cccc3c4ccccc4n(-c4cccc5c4-c4ccccc4C5(c4ccccc4)c4ccccc4)c23)cc1. The molecule has 0 atom stereocenters. The molecule has 272 valence electrons. The molecule has 0 bridgehead atoms. The molecule has 0 spiro atoms. The number of aromatic nitrogens is 1. The summed E-state index contributed by atoms with van der Waals surface area (Å²) in [5, 5.41) is 5.02. The van der Waals surface area contributed by atoms with Crippen LogP contribution >= 0.6 is 11.3 Å². The molecule has 0 N–H and O–H groups in total. The molecule has 3 heteroatoms. The lowest BCUT2D eigenvalue weighted by atomic mass is 9.68. The van der Waals surface area contributed by atoms with Crippen LogP contribution in [-0.4, -0.2) is 4.57 Å². The number of hydrogen-bond donors (Lipinski definition) is 0. The van der Waals surface area contributed by atoms with Gasteiger partial charge in [0.25, 0.3) is 0 Å². The minimum absolute atomic E-state index is 0.499. The highest BCUT2D eigenvalue weighted by molar-refractivity contribution is 7.25. The van der Waals surface area contributed by atoms with Crippen molar-refractivity contribution in [1.29, 1.82) is 0 Å². The van der Waals surface area contributed by atoms with Crippen molar-refractivity contribution in [3.8, 4) is 16.8 Å². The van der Waals surface area contributed by atoms with E-state index in [1.807, 2.05) is 11.3 Å². The zero-order chi connectivity index (χ0) is 38.2. The van der Waals surface area contributed by atoms with Crippen molar-refractivity contribution in [2.24, 2.45) is 0 Å². The summed E-state index contributed by atoms with van der Waals surface area (Å²) in [5.41, 5.74) is 14.0. The molecule has 0 fully saturated rings. The molecular weight excluding hydrogens is 721 g/mol. The summed E-state index contributed by atoms with van der Waals surface area (Å²) < 4.78 is 5.16. The topological polar surface area (TPSA) is 8.17 Å². The zero-order valence-corrected chi connectivity index (χ0v) is 32.4. The molecule has 0 aliphatic heterocycles. The van der Waals surface area contributed by atoms with Crippen molar-refractivity contribution in [2.75, 3.05) is 4.90 Å². The second kappa shape index (κ2) is 12.9. The number of benzene rings is 9. The molecule has 0 saturated carbocycles. The lowest BCUT2D eigenvalue weighted by Gasteiger charge is -2.34. The summed E-state index contributed by atoms with van der Waals surface area (Å²) in [6.45, 7) is 0. The van der Waals surface area contributed by atoms with Gasteiger partial charge in [0.15, 0.2) is 0 Å². The largest absolute Gasteiger partial charge is 0.308 e. The lowest BCUT2D eigenvalue weighted by Crippen LogP contribution is -2.28. The highest BCUT2D eigenvalue weighted by Crippen LogP contribution is 2.58. The van der Waals surface area contributed by atoms with E-state index in [4.69, 9.17) is 0 Å². The number of hydrogen-bond acceptors (Lipinski definition) is 2. The Bertz CT molecular complexity index is 3300. The Labute approximate surface area is 341 Å². The van der Waals surface area contributed by atoms with Crippen LogP contribution in [0.25, 0.3) is 58.8 Å². The molecule has 2 aromatic heterocycles. The van der Waals surface area contributed by atoms with Crippen molar-refractivity contribution >= 4 is 70.4 Å². The highest BCUT2D eigenvalue weighted by atomic mass is 32.1. The summed E-state index contributed by atoms with van der Waals surface area (Å²) in [4.78, 5) is 2.46. The van der Waals surface area contributed by atoms with Crippen LogP contribution < -0.4 is 4.90 Å². The van der Waals surface area contributed by atoms with E-state index in [0.717, 1.165) is 17.1 Å². The number of fused-ring (bicyclic) bond motifs is 9. The van der Waals surface area contributed by atoms with Crippen LogP contribution in [0.3, 0.4) is 0 Å². The summed E-state index contributed by atoms with van der Waals surface area (Å²) in [7, 11) is 0. The Balaban J connectivity index is 1.20. The minimum atomic E-state index is -0.499. The number of thiophene rings is 1. The molecule has 1 aliphatic carbocycles. The zero-order valence-electron chi connectivity index (χ0n) is 31.6. The van der Waals surface area contributed by atoms with Gasteiger partial charge < -0.3 is 9.47 Å². The van der Waals surface area contributed by atoms with Crippen molar-refractivity contribution in [3.63, 3.8) is 0 Å². The van der Waals surface area contributed by atoms with Gasteiger partial charge in [-0.1, -0.05) is 164 Å². The molecule has 2 heterocycles. The Kier molecular flexibility index (Phi) is 7.35. The molecular formula is C55H36N2S. The first-order chi connectivity index (χ1) is 28.8. The summed E-state index contributed by atoms with van der Waals surface area (Å²) in [6.07, 6.45) is 0. The fourth-order valence-electron chi connectivity index (χ4n) is 9.95. The average Bonchev–Trinajstić information content (AvgIpc) is 3.94. The van der Waals surface area contributed by atoms with E-state index < -0.39 is 5.41 Å². The number of para-hydroxylation sites is 3. The fourth-order valence-corrected chi connectivity index (χ4v) is 11.0. The molecule has 2 nitrogen and oxygen atoms in total. The summed E-state index contributed by atoms with van der Waals surface area (Å²) >= 11 is 1.86. The quantitative estimate of drug-likeness (QED) is 0.164. The molecule has 1 aliphatic rings. The maximum Gasteiger partial charge on any atom is 0.0782 e. The van der Waals surface area contributed by atoms with Gasteiger partial charge >= 0.3 is 0 Å². The maximum absolute atomic E-state index is 2.55. The normalized spacial score (nSPS) is 13.0. The third-order valence-electron chi connectivity index (χ3n) is 12.2. The van der Waals surface area contributed by atoms with E-state index in [1.54, 1.807) is 0 Å². The van der Waals surface area contributed by atoms with Gasteiger partial charge in [-0.2, -0.15) is 0 Å². The third-order valence-corrected chi connectivity index (χ3v) is 13.4.